The van der Waals surface area contributed by atoms with E-state index in [0.717, 1.165) is 44.7 Å². The lowest BCUT2D eigenvalue weighted by molar-refractivity contribution is 0.130. The van der Waals surface area contributed by atoms with Crippen LogP contribution in [0.4, 0.5) is 0 Å². The highest BCUT2D eigenvalue weighted by Gasteiger charge is 2.25. The van der Waals surface area contributed by atoms with Crippen LogP contribution >= 0.6 is 0 Å². The molecule has 0 bridgehead atoms. The first kappa shape index (κ1) is 18.9. The Kier molecular flexibility index (Phi) is 10.3. The molecule has 0 radical (unpaired) electrons. The van der Waals surface area contributed by atoms with E-state index in [1.165, 1.54) is 38.6 Å². The third-order valence-corrected chi connectivity index (χ3v) is 4.61. The molecule has 0 spiro atoms. The SMILES string of the molecule is CCOCCCNCC(C)N(CCC(C)C)C1CCCC1. The van der Waals surface area contributed by atoms with Crippen LogP contribution in [0.5, 0.6) is 0 Å². The molecule has 1 aliphatic carbocycles. The Hall–Kier alpha value is -0.120. The fraction of sp³-hybridized carbons (Fsp3) is 1.00. The number of hydrogen-bond donors (Lipinski definition) is 1. The van der Waals surface area contributed by atoms with Crippen molar-refractivity contribution in [1.82, 2.24) is 10.2 Å². The Labute approximate surface area is 132 Å². The van der Waals surface area contributed by atoms with Crippen LogP contribution < -0.4 is 5.32 Å². The molecule has 0 aliphatic heterocycles. The van der Waals surface area contributed by atoms with Crippen LogP contribution in [0.25, 0.3) is 0 Å². The summed E-state index contributed by atoms with van der Waals surface area (Å²) in [6, 6.07) is 1.49. The lowest BCUT2D eigenvalue weighted by atomic mass is 10.1. The smallest absolute Gasteiger partial charge is 0.0477 e. The van der Waals surface area contributed by atoms with Crippen molar-refractivity contribution < 1.29 is 4.74 Å². The molecule has 1 unspecified atom stereocenters. The first-order chi connectivity index (χ1) is 10.1. The quantitative estimate of drug-likeness (QED) is 0.556. The molecule has 3 nitrogen and oxygen atoms in total. The summed E-state index contributed by atoms with van der Waals surface area (Å²) in [4.78, 5) is 2.78. The van der Waals surface area contributed by atoms with Gasteiger partial charge in [0.2, 0.25) is 0 Å². The average Bonchev–Trinajstić information content (AvgIpc) is 2.96. The van der Waals surface area contributed by atoms with E-state index in [1.54, 1.807) is 0 Å². The maximum Gasteiger partial charge on any atom is 0.0477 e. The highest BCUT2D eigenvalue weighted by atomic mass is 16.5. The van der Waals surface area contributed by atoms with Gasteiger partial charge in [0.15, 0.2) is 0 Å². The standard InChI is InChI=1S/C18H38N2O/c1-5-21-14-8-12-19-15-17(4)20(13-11-16(2)3)18-9-6-7-10-18/h16-19H,5-15H2,1-4H3. The van der Waals surface area contributed by atoms with E-state index >= 15 is 0 Å². The predicted molar refractivity (Wildman–Crippen MR) is 91.9 cm³/mol. The zero-order chi connectivity index (χ0) is 15.5. The molecule has 0 aromatic heterocycles. The van der Waals surface area contributed by atoms with E-state index in [4.69, 9.17) is 4.74 Å². The van der Waals surface area contributed by atoms with Gasteiger partial charge in [0.25, 0.3) is 0 Å². The molecule has 1 N–H and O–H groups in total. The van der Waals surface area contributed by atoms with Crippen molar-refractivity contribution in [2.45, 2.75) is 78.3 Å². The Balaban J connectivity index is 2.27. The van der Waals surface area contributed by atoms with E-state index in [-0.39, 0.29) is 0 Å². The molecule has 21 heavy (non-hydrogen) atoms. The first-order valence-electron chi connectivity index (χ1n) is 9.19. The summed E-state index contributed by atoms with van der Waals surface area (Å²) in [6.07, 6.45) is 8.12. The second-order valence-electron chi connectivity index (χ2n) is 6.96. The number of rotatable bonds is 12. The number of ether oxygens (including phenoxy) is 1. The summed E-state index contributed by atoms with van der Waals surface area (Å²) >= 11 is 0. The van der Waals surface area contributed by atoms with Crippen LogP contribution in [0.15, 0.2) is 0 Å². The Morgan fingerprint density at radius 2 is 1.90 bits per heavy atom. The maximum absolute atomic E-state index is 5.38. The van der Waals surface area contributed by atoms with E-state index in [9.17, 15) is 0 Å². The monoisotopic (exact) mass is 298 g/mol. The Bertz CT molecular complexity index is 239. The highest BCUT2D eigenvalue weighted by Crippen LogP contribution is 2.25. The molecular formula is C18H38N2O. The Morgan fingerprint density at radius 1 is 1.19 bits per heavy atom. The lowest BCUT2D eigenvalue weighted by Gasteiger charge is -2.35. The van der Waals surface area contributed by atoms with Crippen molar-refractivity contribution in [3.05, 3.63) is 0 Å². The molecule has 3 heteroatoms. The third kappa shape index (κ3) is 8.18. The van der Waals surface area contributed by atoms with Gasteiger partial charge in [-0.3, -0.25) is 4.90 Å². The molecule has 1 rings (SSSR count). The minimum absolute atomic E-state index is 0.652. The van der Waals surface area contributed by atoms with Crippen molar-refractivity contribution >= 4 is 0 Å². The van der Waals surface area contributed by atoms with E-state index in [0.29, 0.717) is 6.04 Å². The van der Waals surface area contributed by atoms with Gasteiger partial charge < -0.3 is 10.1 Å². The van der Waals surface area contributed by atoms with Crippen LogP contribution in [0, 0.1) is 5.92 Å². The van der Waals surface area contributed by atoms with Crippen molar-refractivity contribution in [1.29, 1.82) is 0 Å². The van der Waals surface area contributed by atoms with Crippen molar-refractivity contribution in [2.24, 2.45) is 5.92 Å². The predicted octanol–water partition coefficient (Wildman–Crippen LogP) is 3.68. The normalized spacial score (nSPS) is 18.0. The molecule has 0 aromatic rings. The zero-order valence-corrected chi connectivity index (χ0v) is 14.9. The lowest BCUT2D eigenvalue weighted by Crippen LogP contribution is -2.46. The Morgan fingerprint density at radius 3 is 2.52 bits per heavy atom. The van der Waals surface area contributed by atoms with E-state index < -0.39 is 0 Å². The molecule has 1 aliphatic rings. The first-order valence-corrected chi connectivity index (χ1v) is 9.19. The zero-order valence-electron chi connectivity index (χ0n) is 14.9. The van der Waals surface area contributed by atoms with Gasteiger partial charge in [-0.2, -0.15) is 0 Å². The molecular weight excluding hydrogens is 260 g/mol. The molecule has 0 aromatic carbocycles. The summed E-state index contributed by atoms with van der Waals surface area (Å²) < 4.78 is 5.38. The number of hydrogen-bond acceptors (Lipinski definition) is 3. The highest BCUT2D eigenvalue weighted by molar-refractivity contribution is 4.82. The largest absolute Gasteiger partial charge is 0.382 e. The number of nitrogens with zero attached hydrogens (tertiary/aromatic N) is 1. The second-order valence-corrected chi connectivity index (χ2v) is 6.96. The molecule has 0 heterocycles. The van der Waals surface area contributed by atoms with Crippen LogP contribution in [0.1, 0.15) is 66.2 Å². The van der Waals surface area contributed by atoms with Crippen LogP contribution in [-0.4, -0.2) is 49.8 Å². The second kappa shape index (κ2) is 11.4. The molecule has 1 saturated carbocycles. The van der Waals surface area contributed by atoms with Gasteiger partial charge >= 0.3 is 0 Å². The van der Waals surface area contributed by atoms with E-state index in [1.807, 2.05) is 0 Å². The summed E-state index contributed by atoms with van der Waals surface area (Å²) in [5.74, 6) is 0.806. The minimum atomic E-state index is 0.652. The average molecular weight is 299 g/mol. The van der Waals surface area contributed by atoms with Crippen LogP contribution in [0.3, 0.4) is 0 Å². The van der Waals surface area contributed by atoms with Gasteiger partial charge in [-0.05, 0) is 58.5 Å². The number of nitrogens with one attached hydrogen (secondary N) is 1. The molecule has 126 valence electrons. The van der Waals surface area contributed by atoms with Gasteiger partial charge in [0.1, 0.15) is 0 Å². The fourth-order valence-electron chi connectivity index (χ4n) is 3.28. The van der Waals surface area contributed by atoms with Crippen molar-refractivity contribution in [2.75, 3.05) is 32.8 Å². The van der Waals surface area contributed by atoms with Gasteiger partial charge in [0.05, 0.1) is 0 Å². The van der Waals surface area contributed by atoms with E-state index in [2.05, 4.69) is 37.9 Å². The van der Waals surface area contributed by atoms with Gasteiger partial charge in [0, 0.05) is 31.8 Å². The van der Waals surface area contributed by atoms with Gasteiger partial charge in [-0.1, -0.05) is 26.7 Å². The molecule has 0 saturated heterocycles. The van der Waals surface area contributed by atoms with Gasteiger partial charge in [-0.15, -0.1) is 0 Å². The summed E-state index contributed by atoms with van der Waals surface area (Å²) in [5.41, 5.74) is 0. The minimum Gasteiger partial charge on any atom is -0.382 e. The van der Waals surface area contributed by atoms with Crippen LogP contribution in [0.2, 0.25) is 0 Å². The fourth-order valence-corrected chi connectivity index (χ4v) is 3.28. The summed E-state index contributed by atoms with van der Waals surface area (Å²) in [5, 5.41) is 3.61. The molecule has 0 amide bonds. The third-order valence-electron chi connectivity index (χ3n) is 4.61. The van der Waals surface area contributed by atoms with Crippen LogP contribution in [-0.2, 0) is 4.74 Å². The molecule has 1 atom stereocenters. The summed E-state index contributed by atoms with van der Waals surface area (Å²) in [7, 11) is 0. The van der Waals surface area contributed by atoms with Crippen molar-refractivity contribution in [3.8, 4) is 0 Å². The topological polar surface area (TPSA) is 24.5 Å². The maximum atomic E-state index is 5.38. The molecule has 1 fully saturated rings. The summed E-state index contributed by atoms with van der Waals surface area (Å²) in [6.45, 7) is 14.3. The van der Waals surface area contributed by atoms with Crippen molar-refractivity contribution in [3.63, 3.8) is 0 Å². The van der Waals surface area contributed by atoms with Gasteiger partial charge in [-0.25, -0.2) is 0 Å².